The minimum atomic E-state index is -0.657. The lowest BCUT2D eigenvalue weighted by Gasteiger charge is -1.89. The van der Waals surface area contributed by atoms with Gasteiger partial charge in [-0.25, -0.2) is 4.79 Å². The van der Waals surface area contributed by atoms with Gasteiger partial charge in [0.1, 0.15) is 0 Å². The second-order valence-corrected chi connectivity index (χ2v) is 2.05. The van der Waals surface area contributed by atoms with Gasteiger partial charge in [-0.1, -0.05) is 0 Å². The molecule has 0 spiro atoms. The molecule has 0 fully saturated rings. The van der Waals surface area contributed by atoms with Gasteiger partial charge in [0.2, 0.25) is 0 Å². The summed E-state index contributed by atoms with van der Waals surface area (Å²) in [5.74, 6) is -0.491. The van der Waals surface area contributed by atoms with Crippen molar-refractivity contribution < 1.29 is 33.3 Å². The second-order valence-electron chi connectivity index (χ2n) is 2.05. The first-order valence-corrected chi connectivity index (χ1v) is 4.06. The molecule has 0 aliphatic rings. The Balaban J connectivity index is -0.000000160. The molecule has 0 rings (SSSR count). The Labute approximate surface area is 94.6 Å². The average molecular weight is 238 g/mol. The van der Waals surface area contributed by atoms with E-state index in [9.17, 15) is 14.4 Å². The van der Waals surface area contributed by atoms with Crippen molar-refractivity contribution in [1.29, 1.82) is 0 Å². The summed E-state index contributed by atoms with van der Waals surface area (Å²) in [4.78, 5) is 28.9. The first kappa shape index (κ1) is 19.7. The molecule has 0 saturated carbocycles. The predicted octanol–water partition coefficient (Wildman–Crippen LogP) is 0.758. The molecule has 16 heavy (non-hydrogen) atoms. The quantitative estimate of drug-likeness (QED) is 0.454. The van der Waals surface area contributed by atoms with Crippen molar-refractivity contribution in [1.82, 2.24) is 0 Å². The third-order valence-corrected chi connectivity index (χ3v) is 0.908. The van der Waals surface area contributed by atoms with E-state index in [0.29, 0.717) is 0 Å². The van der Waals surface area contributed by atoms with Crippen molar-refractivity contribution in [2.24, 2.45) is 0 Å². The Kier molecular flexibility index (Phi) is 19.3. The van der Waals surface area contributed by atoms with Crippen LogP contribution in [0.3, 0.4) is 0 Å². The number of rotatable bonds is 0. The summed E-state index contributed by atoms with van der Waals surface area (Å²) >= 11 is 0. The second kappa shape index (κ2) is 15.7. The van der Waals surface area contributed by atoms with E-state index in [1.54, 1.807) is 0 Å². The van der Waals surface area contributed by atoms with Gasteiger partial charge in [-0.2, -0.15) is 0 Å². The zero-order valence-corrected chi connectivity index (χ0v) is 10.4. The third-order valence-electron chi connectivity index (χ3n) is 0.908. The molecular formula is C9H18O7. The van der Waals surface area contributed by atoms with Gasteiger partial charge in [0, 0.05) is 13.8 Å². The number of carbonyl (C=O) groups is 3. The Morgan fingerprint density at radius 3 is 0.812 bits per heavy atom. The topological polar surface area (TPSA) is 88.1 Å². The van der Waals surface area contributed by atoms with Crippen molar-refractivity contribution in [3.05, 3.63) is 0 Å². The number of methoxy groups -OCH3 is 4. The normalized spacial score (nSPS) is 6.88. The fourth-order valence-corrected chi connectivity index (χ4v) is 0.0833. The summed E-state index contributed by atoms with van der Waals surface area (Å²) < 4.78 is 16.3. The van der Waals surface area contributed by atoms with Gasteiger partial charge in [0.25, 0.3) is 0 Å². The van der Waals surface area contributed by atoms with E-state index in [2.05, 4.69) is 18.9 Å². The molecule has 0 aromatic carbocycles. The van der Waals surface area contributed by atoms with E-state index in [-0.39, 0.29) is 11.9 Å². The van der Waals surface area contributed by atoms with Crippen LogP contribution in [0.4, 0.5) is 4.79 Å². The molecule has 0 bridgehead atoms. The Morgan fingerprint density at radius 1 is 0.625 bits per heavy atom. The van der Waals surface area contributed by atoms with E-state index in [1.807, 2.05) is 0 Å². The van der Waals surface area contributed by atoms with Gasteiger partial charge < -0.3 is 18.9 Å². The van der Waals surface area contributed by atoms with Crippen molar-refractivity contribution in [3.63, 3.8) is 0 Å². The first-order chi connectivity index (χ1) is 7.35. The van der Waals surface area contributed by atoms with Gasteiger partial charge in [-0.3, -0.25) is 9.59 Å². The molecule has 0 N–H and O–H groups in total. The molecule has 0 saturated heterocycles. The zero-order chi connectivity index (χ0) is 13.6. The van der Waals surface area contributed by atoms with E-state index >= 15 is 0 Å². The van der Waals surface area contributed by atoms with Gasteiger partial charge in [0.05, 0.1) is 28.4 Å². The van der Waals surface area contributed by atoms with E-state index in [0.717, 1.165) is 0 Å². The monoisotopic (exact) mass is 238 g/mol. The summed E-state index contributed by atoms with van der Waals surface area (Å²) in [5, 5.41) is 0. The maximum absolute atomic E-state index is 9.74. The fraction of sp³-hybridized carbons (Fsp3) is 0.667. The SMILES string of the molecule is COC(=O)OC.COC(C)=O.COC(C)=O. The summed E-state index contributed by atoms with van der Waals surface area (Å²) in [6.07, 6.45) is -0.657. The first-order valence-electron chi connectivity index (χ1n) is 4.06. The molecule has 0 atom stereocenters. The van der Waals surface area contributed by atoms with E-state index in [1.165, 1.54) is 42.3 Å². The fourth-order valence-electron chi connectivity index (χ4n) is 0.0833. The predicted molar refractivity (Wildman–Crippen MR) is 54.8 cm³/mol. The maximum Gasteiger partial charge on any atom is 0.507 e. The van der Waals surface area contributed by atoms with Crippen LogP contribution in [0.1, 0.15) is 13.8 Å². The van der Waals surface area contributed by atoms with Gasteiger partial charge in [-0.05, 0) is 0 Å². The van der Waals surface area contributed by atoms with Gasteiger partial charge in [-0.15, -0.1) is 0 Å². The Hall–Kier alpha value is -1.79. The van der Waals surface area contributed by atoms with Crippen LogP contribution in [0.2, 0.25) is 0 Å². The van der Waals surface area contributed by atoms with Crippen LogP contribution in [0.5, 0.6) is 0 Å². The van der Waals surface area contributed by atoms with Crippen LogP contribution in [0.15, 0.2) is 0 Å². The Morgan fingerprint density at radius 2 is 0.812 bits per heavy atom. The minimum absolute atomic E-state index is 0.245. The van der Waals surface area contributed by atoms with Gasteiger partial charge in [0.15, 0.2) is 0 Å². The average Bonchev–Trinajstić information content (AvgIpc) is 2.29. The Bertz CT molecular complexity index is 180. The molecule has 7 nitrogen and oxygen atoms in total. The lowest BCUT2D eigenvalue weighted by molar-refractivity contribution is -0.138. The molecule has 0 aliphatic heterocycles. The number of hydrogen-bond donors (Lipinski definition) is 0. The van der Waals surface area contributed by atoms with E-state index < -0.39 is 6.16 Å². The molecule has 7 heteroatoms. The highest BCUT2D eigenvalue weighted by molar-refractivity contribution is 5.65. The molecule has 0 heterocycles. The molecule has 0 unspecified atom stereocenters. The maximum atomic E-state index is 9.74. The molecular weight excluding hydrogens is 220 g/mol. The molecule has 96 valence electrons. The summed E-state index contributed by atoms with van der Waals surface area (Å²) in [5.41, 5.74) is 0. The number of esters is 2. The van der Waals surface area contributed by atoms with Crippen molar-refractivity contribution in [2.75, 3.05) is 28.4 Å². The molecule has 0 amide bonds. The summed E-state index contributed by atoms with van der Waals surface area (Å²) in [6, 6.07) is 0. The summed E-state index contributed by atoms with van der Waals surface area (Å²) in [6.45, 7) is 2.72. The lowest BCUT2D eigenvalue weighted by atomic mass is 10.8. The molecule has 0 aromatic heterocycles. The van der Waals surface area contributed by atoms with Crippen LogP contribution < -0.4 is 0 Å². The van der Waals surface area contributed by atoms with Crippen LogP contribution in [0.25, 0.3) is 0 Å². The van der Waals surface area contributed by atoms with Crippen LogP contribution in [-0.2, 0) is 28.5 Å². The van der Waals surface area contributed by atoms with Crippen molar-refractivity contribution in [3.8, 4) is 0 Å². The minimum Gasteiger partial charge on any atom is -0.469 e. The number of carbonyl (C=O) groups excluding carboxylic acids is 3. The highest BCUT2D eigenvalue weighted by Gasteiger charge is 1.88. The molecule has 0 aromatic rings. The third kappa shape index (κ3) is 39.8. The highest BCUT2D eigenvalue weighted by atomic mass is 16.7. The van der Waals surface area contributed by atoms with Crippen LogP contribution in [0, 0.1) is 0 Å². The number of hydrogen-bond acceptors (Lipinski definition) is 7. The molecule has 0 aliphatic carbocycles. The summed E-state index contributed by atoms with van der Waals surface area (Å²) in [7, 11) is 5.21. The smallest absolute Gasteiger partial charge is 0.469 e. The van der Waals surface area contributed by atoms with Crippen molar-refractivity contribution >= 4 is 18.1 Å². The zero-order valence-electron chi connectivity index (χ0n) is 10.4. The van der Waals surface area contributed by atoms with Crippen LogP contribution >= 0.6 is 0 Å². The number of ether oxygens (including phenoxy) is 4. The largest absolute Gasteiger partial charge is 0.507 e. The van der Waals surface area contributed by atoms with Gasteiger partial charge >= 0.3 is 18.1 Å². The lowest BCUT2D eigenvalue weighted by Crippen LogP contribution is -1.97. The van der Waals surface area contributed by atoms with E-state index in [4.69, 9.17) is 0 Å². The van der Waals surface area contributed by atoms with Crippen LogP contribution in [-0.4, -0.2) is 46.5 Å². The highest BCUT2D eigenvalue weighted by Crippen LogP contribution is 1.72. The molecule has 0 radical (unpaired) electrons. The standard InChI is InChI=1S/C3H6O3.2C3H6O2/c1-5-3(4)6-2;2*1-3(4)5-2/h1-2H3;2*1-2H3. The van der Waals surface area contributed by atoms with Crippen molar-refractivity contribution in [2.45, 2.75) is 13.8 Å².